The molecule has 1 saturated carbocycles. The minimum Gasteiger partial charge on any atom is -0.304 e. The molecule has 1 aliphatic rings. The van der Waals surface area contributed by atoms with Crippen LogP contribution in [0.3, 0.4) is 0 Å². The number of hydrogen-bond donors (Lipinski definition) is 0. The summed E-state index contributed by atoms with van der Waals surface area (Å²) in [5, 5.41) is 1.69. The molecule has 0 N–H and O–H groups in total. The first-order valence-corrected chi connectivity index (χ1v) is 11.1. The summed E-state index contributed by atoms with van der Waals surface area (Å²) in [6.45, 7) is 15.9. The molecule has 0 aliphatic heterocycles. The van der Waals surface area contributed by atoms with Crippen LogP contribution in [0.1, 0.15) is 51.0 Å². The van der Waals surface area contributed by atoms with Gasteiger partial charge in [0.05, 0.1) is 11.9 Å². The zero-order chi connectivity index (χ0) is 18.6. The van der Waals surface area contributed by atoms with E-state index in [4.69, 9.17) is 0 Å². The third-order valence-electron chi connectivity index (χ3n) is 4.86. The van der Waals surface area contributed by atoms with Gasteiger partial charge in [0, 0.05) is 6.54 Å². The second-order valence-corrected chi connectivity index (χ2v) is 8.98. The molecule has 0 atom stereocenters. The molecule has 0 bridgehead atoms. The van der Waals surface area contributed by atoms with Gasteiger partial charge in [-0.2, -0.15) is 0 Å². The second kappa shape index (κ2) is 8.37. The Morgan fingerprint density at radius 2 is 1.72 bits per heavy atom. The Morgan fingerprint density at radius 1 is 1.08 bits per heavy atom. The molecule has 1 fully saturated rings. The summed E-state index contributed by atoms with van der Waals surface area (Å²) >= 11 is 0. The standard InChI is InChI=1S/C20H32N2O2S/c1-6-11-21(7-2)12-8-13-22(25(5,23)24)20-15-17(4)16(3)14-19(20)18-9-10-18/h14-15,18H,3-4,6-13H2,1-2,5H3. The summed E-state index contributed by atoms with van der Waals surface area (Å²) in [4.78, 5) is 2.37. The van der Waals surface area contributed by atoms with Gasteiger partial charge in [0.1, 0.15) is 0 Å². The van der Waals surface area contributed by atoms with Crippen LogP contribution in [-0.2, 0) is 10.0 Å². The van der Waals surface area contributed by atoms with E-state index in [2.05, 4.69) is 31.9 Å². The quantitative estimate of drug-likeness (QED) is 0.639. The number of hydrogen-bond acceptors (Lipinski definition) is 3. The van der Waals surface area contributed by atoms with Crippen molar-refractivity contribution >= 4 is 28.9 Å². The summed E-state index contributed by atoms with van der Waals surface area (Å²) in [5.41, 5.74) is 1.92. The van der Waals surface area contributed by atoms with Crippen molar-refractivity contribution < 1.29 is 8.42 Å². The second-order valence-electron chi connectivity index (χ2n) is 7.08. The van der Waals surface area contributed by atoms with Crippen LogP contribution in [0, 0.1) is 0 Å². The predicted octanol–water partition coefficient (Wildman–Crippen LogP) is 2.27. The fraction of sp³-hybridized carbons (Fsp3) is 0.600. The van der Waals surface area contributed by atoms with Gasteiger partial charge in [-0.25, -0.2) is 8.42 Å². The maximum atomic E-state index is 12.5. The zero-order valence-electron chi connectivity index (χ0n) is 15.9. The summed E-state index contributed by atoms with van der Waals surface area (Å²) in [6, 6.07) is 3.93. The Hall–Kier alpha value is -1.33. The van der Waals surface area contributed by atoms with Crippen molar-refractivity contribution in [1.29, 1.82) is 0 Å². The van der Waals surface area contributed by atoms with Gasteiger partial charge < -0.3 is 4.90 Å². The number of sulfonamides is 1. The fourth-order valence-electron chi connectivity index (χ4n) is 3.28. The molecule has 5 heteroatoms. The molecule has 1 aliphatic carbocycles. The number of benzene rings is 1. The summed E-state index contributed by atoms with van der Waals surface area (Å²) < 4.78 is 26.5. The van der Waals surface area contributed by atoms with Crippen molar-refractivity contribution in [3.63, 3.8) is 0 Å². The normalized spacial score (nSPS) is 14.9. The lowest BCUT2D eigenvalue weighted by Crippen LogP contribution is -2.36. The lowest BCUT2D eigenvalue weighted by molar-refractivity contribution is 0.287. The van der Waals surface area contributed by atoms with E-state index >= 15 is 0 Å². The Bertz CT molecular complexity index is 785. The van der Waals surface area contributed by atoms with E-state index < -0.39 is 10.0 Å². The van der Waals surface area contributed by atoms with Gasteiger partial charge in [-0.1, -0.05) is 27.0 Å². The molecule has 0 aromatic heterocycles. The highest BCUT2D eigenvalue weighted by Gasteiger charge is 2.30. The van der Waals surface area contributed by atoms with E-state index in [9.17, 15) is 8.42 Å². The first-order valence-electron chi connectivity index (χ1n) is 9.29. The number of rotatable bonds is 10. The smallest absolute Gasteiger partial charge is 0.232 e. The molecule has 2 rings (SSSR count). The first-order chi connectivity index (χ1) is 11.8. The molecule has 1 aromatic carbocycles. The van der Waals surface area contributed by atoms with Gasteiger partial charge in [-0.05, 0) is 79.4 Å². The van der Waals surface area contributed by atoms with Crippen LogP contribution in [0.4, 0.5) is 5.69 Å². The number of nitrogens with zero attached hydrogens (tertiary/aromatic N) is 2. The van der Waals surface area contributed by atoms with E-state index in [1.807, 2.05) is 12.1 Å². The van der Waals surface area contributed by atoms with Gasteiger partial charge in [0.15, 0.2) is 0 Å². The molecule has 4 nitrogen and oxygen atoms in total. The third kappa shape index (κ3) is 5.32. The van der Waals surface area contributed by atoms with Crippen molar-refractivity contribution in [2.24, 2.45) is 0 Å². The van der Waals surface area contributed by atoms with Crippen LogP contribution in [0.15, 0.2) is 12.1 Å². The summed E-state index contributed by atoms with van der Waals surface area (Å²) in [7, 11) is -3.33. The minimum absolute atomic E-state index is 0.465. The van der Waals surface area contributed by atoms with E-state index in [-0.39, 0.29) is 0 Å². The van der Waals surface area contributed by atoms with Crippen molar-refractivity contribution in [2.75, 3.05) is 36.7 Å². The monoisotopic (exact) mass is 364 g/mol. The lowest BCUT2D eigenvalue weighted by Gasteiger charge is -2.27. The highest BCUT2D eigenvalue weighted by atomic mass is 32.2. The molecule has 25 heavy (non-hydrogen) atoms. The zero-order valence-corrected chi connectivity index (χ0v) is 16.7. The molecule has 0 heterocycles. The van der Waals surface area contributed by atoms with Crippen LogP contribution in [0.25, 0.3) is 13.2 Å². The van der Waals surface area contributed by atoms with Crippen molar-refractivity contribution in [2.45, 2.75) is 45.4 Å². The van der Waals surface area contributed by atoms with Crippen LogP contribution in [0.5, 0.6) is 0 Å². The van der Waals surface area contributed by atoms with Gasteiger partial charge in [-0.15, -0.1) is 0 Å². The molecule has 0 amide bonds. The van der Waals surface area contributed by atoms with Crippen molar-refractivity contribution in [1.82, 2.24) is 4.90 Å². The molecule has 0 radical (unpaired) electrons. The molecule has 1 aromatic rings. The molecular formula is C20H32N2O2S. The summed E-state index contributed by atoms with van der Waals surface area (Å²) in [6.07, 6.45) is 5.49. The van der Waals surface area contributed by atoms with Gasteiger partial charge in [0.2, 0.25) is 10.0 Å². The van der Waals surface area contributed by atoms with Crippen LogP contribution >= 0.6 is 0 Å². The molecule has 0 spiro atoms. The van der Waals surface area contributed by atoms with E-state index in [1.54, 1.807) is 4.31 Å². The van der Waals surface area contributed by atoms with Gasteiger partial charge >= 0.3 is 0 Å². The fourth-order valence-corrected chi connectivity index (χ4v) is 4.26. The van der Waals surface area contributed by atoms with E-state index in [0.717, 1.165) is 67.0 Å². The average Bonchev–Trinajstić information content (AvgIpc) is 3.36. The molecule has 140 valence electrons. The van der Waals surface area contributed by atoms with Gasteiger partial charge in [0.25, 0.3) is 0 Å². The largest absolute Gasteiger partial charge is 0.304 e. The molecule has 0 unspecified atom stereocenters. The maximum absolute atomic E-state index is 12.5. The van der Waals surface area contributed by atoms with E-state index in [0.29, 0.717) is 12.5 Å². The van der Waals surface area contributed by atoms with E-state index in [1.165, 1.54) is 6.26 Å². The predicted molar refractivity (Wildman–Crippen MR) is 108 cm³/mol. The third-order valence-corrected chi connectivity index (χ3v) is 6.04. The van der Waals surface area contributed by atoms with Gasteiger partial charge in [-0.3, -0.25) is 4.31 Å². The molecular weight excluding hydrogens is 332 g/mol. The van der Waals surface area contributed by atoms with Crippen LogP contribution in [-0.4, -0.2) is 45.8 Å². The highest BCUT2D eigenvalue weighted by Crippen LogP contribution is 2.43. The SMILES string of the molecule is C=c1cc(C2CC2)c(N(CCCN(CC)CCC)S(C)(=O)=O)cc1=C. The van der Waals surface area contributed by atoms with Crippen molar-refractivity contribution in [3.8, 4) is 0 Å². The highest BCUT2D eigenvalue weighted by molar-refractivity contribution is 7.92. The Balaban J connectivity index is 2.25. The first kappa shape index (κ1) is 20.0. The Labute approximate surface area is 152 Å². The Kier molecular flexibility index (Phi) is 6.69. The topological polar surface area (TPSA) is 40.6 Å². The Morgan fingerprint density at radius 3 is 2.24 bits per heavy atom. The number of anilines is 1. The maximum Gasteiger partial charge on any atom is 0.232 e. The minimum atomic E-state index is -3.33. The lowest BCUT2D eigenvalue weighted by atomic mass is 10.1. The van der Waals surface area contributed by atoms with Crippen LogP contribution in [0.2, 0.25) is 0 Å². The average molecular weight is 365 g/mol. The van der Waals surface area contributed by atoms with Crippen LogP contribution < -0.4 is 14.7 Å². The molecule has 0 saturated heterocycles. The summed E-state index contributed by atoms with van der Waals surface area (Å²) in [5.74, 6) is 0.465. The van der Waals surface area contributed by atoms with Crippen molar-refractivity contribution in [3.05, 3.63) is 28.1 Å².